The van der Waals surface area contributed by atoms with Gasteiger partial charge >= 0.3 is 0 Å². The maximum absolute atomic E-state index is 6.77. The van der Waals surface area contributed by atoms with Gasteiger partial charge in [-0.2, -0.15) is 0 Å². The molecule has 0 spiro atoms. The maximum atomic E-state index is 6.77. The lowest BCUT2D eigenvalue weighted by atomic mass is 9.91. The lowest BCUT2D eigenvalue weighted by Crippen LogP contribution is -2.28. The van der Waals surface area contributed by atoms with Crippen molar-refractivity contribution in [1.82, 2.24) is 0 Å². The first-order valence-corrected chi connectivity index (χ1v) is 16.4. The number of rotatable bonds is 6. The second-order valence-electron chi connectivity index (χ2n) is 11.4. The van der Waals surface area contributed by atoms with Gasteiger partial charge in [0.1, 0.15) is 0 Å². The normalized spacial score (nSPS) is 11.8. The summed E-state index contributed by atoms with van der Waals surface area (Å²) in [5.74, 6) is 0. The van der Waals surface area contributed by atoms with Gasteiger partial charge in [0.15, 0.2) is 8.32 Å². The van der Waals surface area contributed by atoms with Crippen LogP contribution in [0.2, 0.25) is 19.6 Å². The van der Waals surface area contributed by atoms with Crippen molar-refractivity contribution in [2.75, 3.05) is 0 Å². The summed E-state index contributed by atoms with van der Waals surface area (Å²) >= 11 is 0. The molecule has 0 aliphatic carbocycles. The molecule has 0 aromatic heterocycles. The second-order valence-corrected chi connectivity index (χ2v) is 15.9. The summed E-state index contributed by atoms with van der Waals surface area (Å²) in [6, 6.07) is 27.1. The molecule has 186 valence electrons. The smallest absolute Gasteiger partial charge is 0.185 e. The standard InChI is InChI=1S/C34H40OSi/c1-22-18-24(3)32(25(4)19-22)28-10-14-30(15-11-28)34(35-36(7,8)9)31-16-12-29(13-17-31)33-26(5)20-23(2)21-27(33)6/h10-21,34H,1-9H3. The first-order chi connectivity index (χ1) is 16.9. The Morgan fingerprint density at radius 1 is 0.500 bits per heavy atom. The molecule has 0 heterocycles. The molecule has 0 N–H and O–H groups in total. The molecule has 36 heavy (non-hydrogen) atoms. The van der Waals surface area contributed by atoms with E-state index in [0.29, 0.717) is 0 Å². The monoisotopic (exact) mass is 492 g/mol. The maximum Gasteiger partial charge on any atom is 0.185 e. The summed E-state index contributed by atoms with van der Waals surface area (Å²) in [5, 5.41) is 0. The fraction of sp³-hybridized carbons (Fsp3) is 0.294. The number of benzene rings is 4. The highest BCUT2D eigenvalue weighted by molar-refractivity contribution is 6.69. The van der Waals surface area contributed by atoms with Crippen LogP contribution in [0, 0.1) is 41.5 Å². The highest BCUT2D eigenvalue weighted by Crippen LogP contribution is 2.35. The molecule has 2 heteroatoms. The molecule has 0 saturated carbocycles. The third-order valence-corrected chi connectivity index (χ3v) is 7.77. The van der Waals surface area contributed by atoms with E-state index in [1.54, 1.807) is 0 Å². The van der Waals surface area contributed by atoms with Crippen LogP contribution < -0.4 is 0 Å². The zero-order valence-corrected chi connectivity index (χ0v) is 24.4. The van der Waals surface area contributed by atoms with Gasteiger partial charge in [0.25, 0.3) is 0 Å². The third kappa shape index (κ3) is 5.72. The van der Waals surface area contributed by atoms with Crippen molar-refractivity contribution >= 4 is 8.32 Å². The molecular formula is C34H40OSi. The molecule has 4 rings (SSSR count). The van der Waals surface area contributed by atoms with Gasteiger partial charge in [-0.25, -0.2) is 0 Å². The van der Waals surface area contributed by atoms with Crippen LogP contribution in [0.5, 0.6) is 0 Å². The fourth-order valence-corrected chi connectivity index (χ4v) is 6.58. The SMILES string of the molecule is Cc1cc(C)c(-c2ccc(C(O[Si](C)(C)C)c3ccc(-c4c(C)cc(C)cc4C)cc3)cc2)c(C)c1. The van der Waals surface area contributed by atoms with Crippen LogP contribution >= 0.6 is 0 Å². The Morgan fingerprint density at radius 3 is 1.08 bits per heavy atom. The van der Waals surface area contributed by atoms with Gasteiger partial charge in [0.05, 0.1) is 6.10 Å². The minimum Gasteiger partial charge on any atom is -0.407 e. The van der Waals surface area contributed by atoms with Gasteiger partial charge in [0, 0.05) is 0 Å². The molecule has 0 atom stereocenters. The van der Waals surface area contributed by atoms with E-state index in [0.717, 1.165) is 0 Å². The highest BCUT2D eigenvalue weighted by Gasteiger charge is 2.24. The summed E-state index contributed by atoms with van der Waals surface area (Å²) in [4.78, 5) is 0. The molecule has 0 unspecified atom stereocenters. The lowest BCUT2D eigenvalue weighted by Gasteiger charge is -2.28. The zero-order valence-electron chi connectivity index (χ0n) is 23.4. The van der Waals surface area contributed by atoms with E-state index in [-0.39, 0.29) is 6.10 Å². The van der Waals surface area contributed by atoms with E-state index in [1.165, 1.54) is 66.8 Å². The van der Waals surface area contributed by atoms with E-state index >= 15 is 0 Å². The van der Waals surface area contributed by atoms with Crippen LogP contribution in [0.4, 0.5) is 0 Å². The summed E-state index contributed by atoms with van der Waals surface area (Å²) in [6.45, 7) is 20.0. The van der Waals surface area contributed by atoms with Gasteiger partial charge < -0.3 is 4.43 Å². The average Bonchev–Trinajstić information content (AvgIpc) is 2.77. The molecule has 0 fully saturated rings. The van der Waals surface area contributed by atoms with Crippen molar-refractivity contribution in [2.24, 2.45) is 0 Å². The largest absolute Gasteiger partial charge is 0.407 e. The van der Waals surface area contributed by atoms with E-state index in [1.807, 2.05) is 0 Å². The second kappa shape index (κ2) is 10.2. The van der Waals surface area contributed by atoms with Crippen LogP contribution in [0.25, 0.3) is 22.3 Å². The molecule has 0 aliphatic heterocycles. The van der Waals surface area contributed by atoms with E-state index in [4.69, 9.17) is 4.43 Å². The highest BCUT2D eigenvalue weighted by atomic mass is 28.4. The first-order valence-electron chi connectivity index (χ1n) is 13.0. The van der Waals surface area contributed by atoms with Crippen LogP contribution in [0.15, 0.2) is 72.8 Å². The summed E-state index contributed by atoms with van der Waals surface area (Å²) in [6.07, 6.45) is -0.0693. The molecular weight excluding hydrogens is 452 g/mol. The summed E-state index contributed by atoms with van der Waals surface area (Å²) in [7, 11) is -1.79. The van der Waals surface area contributed by atoms with Gasteiger partial charge in [-0.1, -0.05) is 83.9 Å². The minimum absolute atomic E-state index is 0.0693. The molecule has 4 aromatic rings. The van der Waals surface area contributed by atoms with Crippen molar-refractivity contribution in [2.45, 2.75) is 67.3 Å². The average molecular weight is 493 g/mol. The van der Waals surface area contributed by atoms with Crippen LogP contribution in [0.1, 0.15) is 50.6 Å². The van der Waals surface area contributed by atoms with Gasteiger partial charge in [-0.15, -0.1) is 0 Å². The minimum atomic E-state index is -1.79. The van der Waals surface area contributed by atoms with E-state index < -0.39 is 8.32 Å². The Labute approximate surface area is 219 Å². The number of hydrogen-bond acceptors (Lipinski definition) is 1. The van der Waals surface area contributed by atoms with Crippen LogP contribution in [0.3, 0.4) is 0 Å². The molecule has 0 amide bonds. The molecule has 4 aromatic carbocycles. The quantitative estimate of drug-likeness (QED) is 0.243. The Balaban J connectivity index is 1.71. The van der Waals surface area contributed by atoms with E-state index in [2.05, 4.69) is 134 Å². The predicted octanol–water partition coefficient (Wildman–Crippen LogP) is 9.81. The predicted molar refractivity (Wildman–Crippen MR) is 158 cm³/mol. The molecule has 0 radical (unpaired) electrons. The number of hydrogen-bond donors (Lipinski definition) is 0. The summed E-state index contributed by atoms with van der Waals surface area (Å²) in [5.41, 5.74) is 15.5. The van der Waals surface area contributed by atoms with Crippen molar-refractivity contribution < 1.29 is 4.43 Å². The Hall–Kier alpha value is -2.94. The molecule has 0 saturated heterocycles. The molecule has 0 aliphatic rings. The Bertz CT molecular complexity index is 1230. The van der Waals surface area contributed by atoms with E-state index in [9.17, 15) is 0 Å². The molecule has 1 nitrogen and oxygen atoms in total. The number of aryl methyl sites for hydroxylation is 6. The Morgan fingerprint density at radius 2 is 0.806 bits per heavy atom. The Kier molecular flexibility index (Phi) is 7.40. The van der Waals surface area contributed by atoms with Crippen molar-refractivity contribution in [3.05, 3.63) is 117 Å². The van der Waals surface area contributed by atoms with Crippen molar-refractivity contribution in [3.63, 3.8) is 0 Å². The van der Waals surface area contributed by atoms with Crippen LogP contribution in [-0.4, -0.2) is 8.32 Å². The first kappa shape index (κ1) is 26.1. The van der Waals surface area contributed by atoms with Gasteiger partial charge in [0.2, 0.25) is 0 Å². The third-order valence-electron chi connectivity index (χ3n) is 6.83. The van der Waals surface area contributed by atoms with Crippen molar-refractivity contribution in [3.8, 4) is 22.3 Å². The lowest BCUT2D eigenvalue weighted by molar-refractivity contribution is 0.240. The van der Waals surface area contributed by atoms with Crippen LogP contribution in [-0.2, 0) is 4.43 Å². The fourth-order valence-electron chi connectivity index (χ4n) is 5.60. The summed E-state index contributed by atoms with van der Waals surface area (Å²) < 4.78 is 6.77. The molecule has 0 bridgehead atoms. The van der Waals surface area contributed by atoms with Gasteiger partial charge in [-0.3, -0.25) is 0 Å². The topological polar surface area (TPSA) is 9.23 Å². The zero-order chi connectivity index (χ0) is 26.2. The van der Waals surface area contributed by atoms with Crippen molar-refractivity contribution in [1.29, 1.82) is 0 Å². The van der Waals surface area contributed by atoms with Gasteiger partial charge in [-0.05, 0) is 117 Å².